The Balaban J connectivity index is 2.51. The second-order valence-electron chi connectivity index (χ2n) is 4.11. The first-order chi connectivity index (χ1) is 7.03. The summed E-state index contributed by atoms with van der Waals surface area (Å²) in [7, 11) is 0. The van der Waals surface area contributed by atoms with Crippen LogP contribution in [0.2, 0.25) is 0 Å². The molecule has 0 aliphatic heterocycles. The van der Waals surface area contributed by atoms with Gasteiger partial charge in [-0.2, -0.15) is 0 Å². The summed E-state index contributed by atoms with van der Waals surface area (Å²) in [4.78, 5) is 0. The molecule has 0 aromatic heterocycles. The van der Waals surface area contributed by atoms with Gasteiger partial charge in [-0.3, -0.25) is 0 Å². The third-order valence-corrected chi connectivity index (χ3v) is 3.83. The minimum absolute atomic E-state index is 0.299. The van der Waals surface area contributed by atoms with E-state index in [1.807, 2.05) is 0 Å². The fraction of sp³-hybridized carbons (Fsp3) is 0.455. The molecular weight excluding hydrogens is 264 g/mol. The van der Waals surface area contributed by atoms with Crippen LogP contribution in [0.1, 0.15) is 31.2 Å². The van der Waals surface area contributed by atoms with Gasteiger partial charge in [0.2, 0.25) is 0 Å². The van der Waals surface area contributed by atoms with Crippen molar-refractivity contribution >= 4 is 15.9 Å². The van der Waals surface area contributed by atoms with Gasteiger partial charge in [-0.05, 0) is 40.4 Å². The van der Waals surface area contributed by atoms with E-state index in [4.69, 9.17) is 5.73 Å². The zero-order valence-electron chi connectivity index (χ0n) is 8.19. The highest BCUT2D eigenvalue weighted by Crippen LogP contribution is 2.40. The Kier molecular flexibility index (Phi) is 2.81. The number of nitrogens with two attached hydrogens (primary N) is 1. The minimum Gasteiger partial charge on any atom is -0.321 e. The van der Waals surface area contributed by atoms with Crippen LogP contribution in [0.15, 0.2) is 16.6 Å². The zero-order chi connectivity index (χ0) is 11.1. The van der Waals surface area contributed by atoms with Gasteiger partial charge in [-0.25, -0.2) is 8.78 Å². The van der Waals surface area contributed by atoms with Crippen molar-refractivity contribution in [1.29, 1.82) is 0 Å². The third kappa shape index (κ3) is 1.93. The number of hydrogen-bond donors (Lipinski definition) is 1. The zero-order valence-corrected chi connectivity index (χ0v) is 9.78. The summed E-state index contributed by atoms with van der Waals surface area (Å²) in [6.07, 6.45) is 3.60. The highest BCUT2D eigenvalue weighted by atomic mass is 79.9. The molecule has 4 heteroatoms. The van der Waals surface area contributed by atoms with Crippen molar-refractivity contribution in [2.45, 2.75) is 31.2 Å². The van der Waals surface area contributed by atoms with E-state index in [1.165, 1.54) is 6.07 Å². The molecule has 0 spiro atoms. The molecule has 1 nitrogen and oxygen atoms in total. The summed E-state index contributed by atoms with van der Waals surface area (Å²) in [5.41, 5.74) is 6.14. The van der Waals surface area contributed by atoms with Crippen LogP contribution in [0.4, 0.5) is 8.78 Å². The van der Waals surface area contributed by atoms with Crippen molar-refractivity contribution in [1.82, 2.24) is 0 Å². The maximum atomic E-state index is 13.3. The van der Waals surface area contributed by atoms with Gasteiger partial charge in [0.1, 0.15) is 11.6 Å². The number of halogens is 3. The number of rotatable bonds is 1. The summed E-state index contributed by atoms with van der Waals surface area (Å²) in [6, 6.07) is 2.20. The molecule has 1 aliphatic carbocycles. The van der Waals surface area contributed by atoms with Gasteiger partial charge in [0, 0.05) is 11.6 Å². The first kappa shape index (κ1) is 11.0. The average molecular weight is 276 g/mol. The summed E-state index contributed by atoms with van der Waals surface area (Å²) in [5, 5.41) is 0. The van der Waals surface area contributed by atoms with Crippen LogP contribution in [0.5, 0.6) is 0 Å². The van der Waals surface area contributed by atoms with Crippen LogP contribution in [0.3, 0.4) is 0 Å². The summed E-state index contributed by atoms with van der Waals surface area (Å²) >= 11 is 3.14. The summed E-state index contributed by atoms with van der Waals surface area (Å²) in [5.74, 6) is -1.15. The van der Waals surface area contributed by atoms with Gasteiger partial charge in [0.15, 0.2) is 0 Å². The van der Waals surface area contributed by atoms with Gasteiger partial charge < -0.3 is 5.73 Å². The molecule has 0 amide bonds. The Bertz CT molecular complexity index is 386. The molecule has 0 atom stereocenters. The average Bonchev–Trinajstić information content (AvgIpc) is 2.59. The van der Waals surface area contributed by atoms with E-state index >= 15 is 0 Å². The Morgan fingerprint density at radius 2 is 1.80 bits per heavy atom. The lowest BCUT2D eigenvalue weighted by molar-refractivity contribution is 0.449. The van der Waals surface area contributed by atoms with Crippen molar-refractivity contribution in [3.8, 4) is 0 Å². The fourth-order valence-corrected chi connectivity index (χ4v) is 2.82. The first-order valence-corrected chi connectivity index (χ1v) is 5.76. The van der Waals surface area contributed by atoms with Crippen molar-refractivity contribution in [2.24, 2.45) is 5.73 Å². The van der Waals surface area contributed by atoms with E-state index in [0.29, 0.717) is 10.0 Å². The van der Waals surface area contributed by atoms with Gasteiger partial charge in [0.25, 0.3) is 0 Å². The minimum atomic E-state index is -0.582. The maximum Gasteiger partial charge on any atom is 0.140 e. The molecule has 1 fully saturated rings. The molecule has 82 valence electrons. The highest BCUT2D eigenvalue weighted by Gasteiger charge is 2.34. The van der Waals surface area contributed by atoms with Crippen LogP contribution < -0.4 is 5.73 Å². The van der Waals surface area contributed by atoms with Crippen molar-refractivity contribution < 1.29 is 8.78 Å². The van der Waals surface area contributed by atoms with Crippen LogP contribution >= 0.6 is 15.9 Å². The number of benzene rings is 1. The normalized spacial score (nSPS) is 19.5. The Labute approximate surface area is 95.8 Å². The standard InChI is InChI=1S/C11H12BrF2N/c12-10-8(5-7(13)6-9(10)14)11(15)3-1-2-4-11/h5-6H,1-4,15H2. The molecule has 0 heterocycles. The Morgan fingerprint density at radius 3 is 2.40 bits per heavy atom. The van der Waals surface area contributed by atoms with E-state index in [-0.39, 0.29) is 0 Å². The molecule has 0 unspecified atom stereocenters. The van der Waals surface area contributed by atoms with Gasteiger partial charge in [-0.15, -0.1) is 0 Å². The number of hydrogen-bond acceptors (Lipinski definition) is 1. The Hall–Kier alpha value is -0.480. The maximum absolute atomic E-state index is 13.3. The van der Waals surface area contributed by atoms with Gasteiger partial charge in [0.05, 0.1) is 4.47 Å². The van der Waals surface area contributed by atoms with Crippen LogP contribution in [-0.4, -0.2) is 0 Å². The van der Waals surface area contributed by atoms with E-state index < -0.39 is 17.2 Å². The fourth-order valence-electron chi connectivity index (χ4n) is 2.19. The molecular formula is C11H12BrF2N. The lowest BCUT2D eigenvalue weighted by atomic mass is 9.89. The largest absolute Gasteiger partial charge is 0.321 e. The topological polar surface area (TPSA) is 26.0 Å². The van der Waals surface area contributed by atoms with Gasteiger partial charge >= 0.3 is 0 Å². The molecule has 1 aromatic carbocycles. The van der Waals surface area contributed by atoms with Crippen LogP contribution in [0.25, 0.3) is 0 Å². The van der Waals surface area contributed by atoms with Gasteiger partial charge in [-0.1, -0.05) is 12.8 Å². The predicted molar refractivity (Wildman–Crippen MR) is 58.4 cm³/mol. The molecule has 0 bridgehead atoms. The summed E-state index contributed by atoms with van der Waals surface area (Å²) in [6.45, 7) is 0. The highest BCUT2D eigenvalue weighted by molar-refractivity contribution is 9.10. The van der Waals surface area contributed by atoms with Crippen molar-refractivity contribution in [3.63, 3.8) is 0 Å². The Morgan fingerprint density at radius 1 is 1.20 bits per heavy atom. The molecule has 15 heavy (non-hydrogen) atoms. The molecule has 0 radical (unpaired) electrons. The molecule has 2 rings (SSSR count). The molecule has 0 saturated heterocycles. The van der Waals surface area contributed by atoms with Crippen molar-refractivity contribution in [3.05, 3.63) is 33.8 Å². The second-order valence-corrected chi connectivity index (χ2v) is 4.91. The lowest BCUT2D eigenvalue weighted by Crippen LogP contribution is -2.33. The molecule has 1 aliphatic rings. The SMILES string of the molecule is NC1(c2cc(F)cc(F)c2Br)CCCC1. The molecule has 1 aromatic rings. The predicted octanol–water partition coefficient (Wildman–Crippen LogP) is 3.46. The summed E-state index contributed by atoms with van der Waals surface area (Å²) < 4.78 is 26.7. The smallest absolute Gasteiger partial charge is 0.140 e. The molecule has 2 N–H and O–H groups in total. The van der Waals surface area contributed by atoms with Crippen molar-refractivity contribution in [2.75, 3.05) is 0 Å². The monoisotopic (exact) mass is 275 g/mol. The first-order valence-electron chi connectivity index (χ1n) is 4.97. The van der Waals surface area contributed by atoms with E-state index in [1.54, 1.807) is 0 Å². The second kappa shape index (κ2) is 3.83. The third-order valence-electron chi connectivity index (χ3n) is 3.03. The van der Waals surface area contributed by atoms with E-state index in [0.717, 1.165) is 31.7 Å². The molecule has 1 saturated carbocycles. The lowest BCUT2D eigenvalue weighted by Gasteiger charge is -2.25. The quantitative estimate of drug-likeness (QED) is 0.781. The van der Waals surface area contributed by atoms with Crippen LogP contribution in [-0.2, 0) is 5.54 Å². The van der Waals surface area contributed by atoms with Crippen LogP contribution in [0, 0.1) is 11.6 Å². The van der Waals surface area contributed by atoms with E-state index in [2.05, 4.69) is 15.9 Å². The van der Waals surface area contributed by atoms with E-state index in [9.17, 15) is 8.78 Å².